The van der Waals surface area contributed by atoms with Crippen LogP contribution in [0.4, 0.5) is 0 Å². The van der Waals surface area contributed by atoms with Crippen molar-refractivity contribution in [3.05, 3.63) is 35.9 Å². The molecule has 0 aliphatic carbocycles. The van der Waals surface area contributed by atoms with Gasteiger partial charge in [-0.15, -0.1) is 0 Å². The molecule has 1 N–H and O–H groups in total. The number of carboxylic acid groups (broad SMARTS) is 1. The second-order valence-corrected chi connectivity index (χ2v) is 2.70. The molecule has 78 valence electrons. The van der Waals surface area contributed by atoms with Gasteiger partial charge in [0.25, 0.3) is 0 Å². The van der Waals surface area contributed by atoms with Crippen LogP contribution in [0.1, 0.15) is 5.56 Å². The topological polar surface area (TPSA) is 80.7 Å². The molecule has 0 bridgehead atoms. The minimum absolute atomic E-state index is 0.112. The number of aliphatic carboxylic acids is 1. The van der Waals surface area contributed by atoms with Crippen LogP contribution in [0, 0.1) is 0 Å². The Balaban J connectivity index is 2.48. The lowest BCUT2D eigenvalue weighted by Gasteiger charge is -2.01. The van der Waals surface area contributed by atoms with Gasteiger partial charge in [-0.2, -0.15) is 0 Å². The van der Waals surface area contributed by atoms with Gasteiger partial charge in [0.15, 0.2) is 0 Å². The number of esters is 1. The van der Waals surface area contributed by atoms with Gasteiger partial charge in [0, 0.05) is 0 Å². The number of ketones is 1. The highest BCUT2D eigenvalue weighted by Gasteiger charge is 2.23. The van der Waals surface area contributed by atoms with Gasteiger partial charge in [0.05, 0.1) is 0 Å². The van der Waals surface area contributed by atoms with Crippen molar-refractivity contribution >= 4 is 17.7 Å². The zero-order valence-corrected chi connectivity index (χ0v) is 7.67. The normalized spacial score (nSPS) is 9.33. The molecule has 0 aliphatic rings. The summed E-state index contributed by atoms with van der Waals surface area (Å²) in [5.74, 6) is -4.73. The molecule has 0 heterocycles. The largest absolute Gasteiger partial charge is 0.475 e. The number of hydrogen-bond acceptors (Lipinski definition) is 4. The summed E-state index contributed by atoms with van der Waals surface area (Å²) >= 11 is 0. The smallest absolute Gasteiger partial charge is 0.387 e. The van der Waals surface area contributed by atoms with Gasteiger partial charge in [-0.05, 0) is 5.56 Å². The number of hydrogen-bond donors (Lipinski definition) is 1. The first-order valence-corrected chi connectivity index (χ1v) is 4.09. The third kappa shape index (κ3) is 3.22. The summed E-state index contributed by atoms with van der Waals surface area (Å²) in [6.07, 6.45) is 0. The SMILES string of the molecule is O=C(O)C(=O)C(=O)OCc1ccccc1. The van der Waals surface area contributed by atoms with Crippen LogP contribution in [-0.2, 0) is 25.7 Å². The zero-order chi connectivity index (χ0) is 11.3. The lowest BCUT2D eigenvalue weighted by molar-refractivity contribution is -0.162. The Bertz CT molecular complexity index is 382. The maximum absolute atomic E-state index is 10.8. The van der Waals surface area contributed by atoms with Crippen LogP contribution in [-0.4, -0.2) is 22.8 Å². The Morgan fingerprint density at radius 3 is 2.27 bits per heavy atom. The predicted octanol–water partition coefficient (Wildman–Crippen LogP) is 0.383. The van der Waals surface area contributed by atoms with E-state index in [0.717, 1.165) is 0 Å². The molecule has 0 amide bonds. The van der Waals surface area contributed by atoms with Gasteiger partial charge >= 0.3 is 17.7 Å². The summed E-state index contributed by atoms with van der Waals surface area (Å²) in [5.41, 5.74) is 0.684. The summed E-state index contributed by atoms with van der Waals surface area (Å²) in [5, 5.41) is 8.20. The summed E-state index contributed by atoms with van der Waals surface area (Å²) in [6, 6.07) is 8.65. The highest BCUT2D eigenvalue weighted by molar-refractivity contribution is 6.59. The molecule has 0 aliphatic heterocycles. The van der Waals surface area contributed by atoms with E-state index in [1.54, 1.807) is 30.3 Å². The molecule has 0 aromatic heterocycles. The van der Waals surface area contributed by atoms with Crippen LogP contribution < -0.4 is 0 Å². The molecule has 5 heteroatoms. The van der Waals surface area contributed by atoms with E-state index in [2.05, 4.69) is 4.74 Å². The summed E-state index contributed by atoms with van der Waals surface area (Å²) in [6.45, 7) is -0.112. The van der Waals surface area contributed by atoms with Crippen molar-refractivity contribution in [1.82, 2.24) is 0 Å². The molecule has 1 rings (SSSR count). The fourth-order valence-corrected chi connectivity index (χ4v) is 0.876. The molecular weight excluding hydrogens is 200 g/mol. The van der Waals surface area contributed by atoms with Crippen LogP contribution in [0.2, 0.25) is 0 Å². The van der Waals surface area contributed by atoms with E-state index in [4.69, 9.17) is 5.11 Å². The summed E-state index contributed by atoms with van der Waals surface area (Å²) in [7, 11) is 0. The lowest BCUT2D eigenvalue weighted by Crippen LogP contribution is -2.25. The van der Waals surface area contributed by atoms with Crippen LogP contribution in [0.15, 0.2) is 30.3 Å². The monoisotopic (exact) mass is 208 g/mol. The van der Waals surface area contributed by atoms with E-state index in [-0.39, 0.29) is 6.61 Å². The van der Waals surface area contributed by atoms with Crippen LogP contribution in [0.5, 0.6) is 0 Å². The minimum Gasteiger partial charge on any atom is -0.475 e. The fourth-order valence-electron chi connectivity index (χ4n) is 0.876. The van der Waals surface area contributed by atoms with Gasteiger partial charge in [-0.1, -0.05) is 30.3 Å². The van der Waals surface area contributed by atoms with Gasteiger partial charge in [-0.3, -0.25) is 4.79 Å². The van der Waals surface area contributed by atoms with Crippen molar-refractivity contribution in [2.24, 2.45) is 0 Å². The molecule has 0 unspecified atom stereocenters. The standard InChI is InChI=1S/C10H8O5/c11-8(9(12)13)10(14)15-6-7-4-2-1-3-5-7/h1-5H,6H2,(H,12,13). The van der Waals surface area contributed by atoms with Crippen molar-refractivity contribution in [3.8, 4) is 0 Å². The molecule has 0 saturated heterocycles. The van der Waals surface area contributed by atoms with Gasteiger partial charge in [0.2, 0.25) is 0 Å². The zero-order valence-electron chi connectivity index (χ0n) is 7.67. The fraction of sp³-hybridized carbons (Fsp3) is 0.100. The third-order valence-corrected chi connectivity index (χ3v) is 1.59. The molecule has 0 atom stereocenters. The Hall–Kier alpha value is -2.17. The maximum atomic E-state index is 10.8. The average Bonchev–Trinajstić information content (AvgIpc) is 2.26. The van der Waals surface area contributed by atoms with E-state index in [1.807, 2.05) is 0 Å². The van der Waals surface area contributed by atoms with Crippen LogP contribution >= 0.6 is 0 Å². The van der Waals surface area contributed by atoms with Gasteiger partial charge in [-0.25, -0.2) is 9.59 Å². The van der Waals surface area contributed by atoms with E-state index in [9.17, 15) is 14.4 Å². The molecule has 0 fully saturated rings. The van der Waals surface area contributed by atoms with Crippen molar-refractivity contribution in [3.63, 3.8) is 0 Å². The number of carboxylic acids is 1. The lowest BCUT2D eigenvalue weighted by atomic mass is 10.2. The number of carbonyl (C=O) groups excluding carboxylic acids is 2. The molecule has 0 radical (unpaired) electrons. The highest BCUT2D eigenvalue weighted by Crippen LogP contribution is 2.00. The average molecular weight is 208 g/mol. The van der Waals surface area contributed by atoms with Crippen molar-refractivity contribution in [1.29, 1.82) is 0 Å². The first-order valence-electron chi connectivity index (χ1n) is 4.09. The highest BCUT2D eigenvalue weighted by atomic mass is 16.5. The van der Waals surface area contributed by atoms with Gasteiger partial charge < -0.3 is 9.84 Å². The first-order chi connectivity index (χ1) is 7.11. The van der Waals surface area contributed by atoms with Crippen molar-refractivity contribution in [2.75, 3.05) is 0 Å². The Morgan fingerprint density at radius 2 is 1.73 bits per heavy atom. The third-order valence-electron chi connectivity index (χ3n) is 1.59. The van der Waals surface area contributed by atoms with Crippen molar-refractivity contribution in [2.45, 2.75) is 6.61 Å². The van der Waals surface area contributed by atoms with E-state index in [1.165, 1.54) is 0 Å². The quantitative estimate of drug-likeness (QED) is 0.439. The van der Waals surface area contributed by atoms with Gasteiger partial charge in [0.1, 0.15) is 6.61 Å². The second-order valence-electron chi connectivity index (χ2n) is 2.70. The molecule has 0 saturated carbocycles. The second kappa shape index (κ2) is 4.90. The van der Waals surface area contributed by atoms with Crippen LogP contribution in [0.3, 0.4) is 0 Å². The summed E-state index contributed by atoms with van der Waals surface area (Å²) < 4.78 is 4.48. The number of benzene rings is 1. The number of rotatable bonds is 4. The Kier molecular flexibility index (Phi) is 3.56. The minimum atomic E-state index is -1.81. The summed E-state index contributed by atoms with van der Waals surface area (Å²) in [4.78, 5) is 31.5. The number of carbonyl (C=O) groups is 3. The Labute approximate surface area is 85.3 Å². The molecule has 0 spiro atoms. The van der Waals surface area contributed by atoms with E-state index >= 15 is 0 Å². The van der Waals surface area contributed by atoms with Crippen molar-refractivity contribution < 1.29 is 24.2 Å². The van der Waals surface area contributed by atoms with Crippen LogP contribution in [0.25, 0.3) is 0 Å². The first kappa shape index (κ1) is 10.9. The van der Waals surface area contributed by atoms with E-state index in [0.29, 0.717) is 5.56 Å². The van der Waals surface area contributed by atoms with E-state index < -0.39 is 17.7 Å². The molecular formula is C10H8O5. The molecule has 15 heavy (non-hydrogen) atoms. The number of Topliss-reactive ketones (excluding diaryl/α,β-unsaturated/α-hetero) is 1. The number of ether oxygens (including phenoxy) is 1. The molecule has 5 nitrogen and oxygen atoms in total. The maximum Gasteiger partial charge on any atom is 0.387 e. The molecule has 1 aromatic rings. The molecule has 1 aromatic carbocycles. The Morgan fingerprint density at radius 1 is 1.13 bits per heavy atom. The predicted molar refractivity (Wildman–Crippen MR) is 48.9 cm³/mol.